The first-order valence-corrected chi connectivity index (χ1v) is 7.46. The van der Waals surface area contributed by atoms with Crippen molar-refractivity contribution in [3.05, 3.63) is 45.4 Å². The monoisotopic (exact) mass is 297 g/mol. The highest BCUT2D eigenvalue weighted by Gasteiger charge is 2.09. The summed E-state index contributed by atoms with van der Waals surface area (Å²) in [6, 6.07) is 3.61. The van der Waals surface area contributed by atoms with Gasteiger partial charge in [0.1, 0.15) is 21.6 Å². The largest absolute Gasteiger partial charge is 0.317 e. The maximum atomic E-state index is 13.5. The Morgan fingerprint density at radius 2 is 2.00 bits per heavy atom. The second kappa shape index (κ2) is 7.40. The number of benzene rings is 1. The lowest BCUT2D eigenvalue weighted by Crippen LogP contribution is -2.14. The Morgan fingerprint density at radius 3 is 2.75 bits per heavy atom. The smallest absolute Gasteiger partial charge is 0.129 e. The Hall–Kier alpha value is -1.40. The van der Waals surface area contributed by atoms with Crippen molar-refractivity contribution in [3.63, 3.8) is 0 Å². The van der Waals surface area contributed by atoms with Gasteiger partial charge in [-0.05, 0) is 31.1 Å². The van der Waals surface area contributed by atoms with Crippen molar-refractivity contribution in [3.8, 4) is 0 Å². The Balaban J connectivity index is 1.92. The van der Waals surface area contributed by atoms with Gasteiger partial charge in [-0.3, -0.25) is 0 Å². The Labute approximate surface area is 121 Å². The molecule has 6 heteroatoms. The van der Waals surface area contributed by atoms with Gasteiger partial charge in [-0.2, -0.15) is 0 Å². The average molecular weight is 297 g/mol. The van der Waals surface area contributed by atoms with E-state index in [9.17, 15) is 8.78 Å². The van der Waals surface area contributed by atoms with Crippen LogP contribution in [0.5, 0.6) is 0 Å². The summed E-state index contributed by atoms with van der Waals surface area (Å²) in [4.78, 5) is 0. The van der Waals surface area contributed by atoms with E-state index in [1.165, 1.54) is 23.5 Å². The number of aryl methyl sites for hydroxylation is 1. The molecule has 0 aliphatic rings. The van der Waals surface area contributed by atoms with Gasteiger partial charge in [-0.15, -0.1) is 21.5 Å². The van der Waals surface area contributed by atoms with E-state index < -0.39 is 11.6 Å². The fourth-order valence-electron chi connectivity index (χ4n) is 1.83. The molecule has 0 saturated carbocycles. The molecule has 108 valence electrons. The number of hydrogen-bond donors (Lipinski definition) is 1. The summed E-state index contributed by atoms with van der Waals surface area (Å²) in [5, 5.41) is 13.1. The van der Waals surface area contributed by atoms with Gasteiger partial charge in [-0.1, -0.05) is 13.0 Å². The van der Waals surface area contributed by atoms with Crippen molar-refractivity contribution in [1.29, 1.82) is 0 Å². The zero-order valence-electron chi connectivity index (χ0n) is 11.3. The second-order valence-corrected chi connectivity index (χ2v) is 5.61. The molecule has 0 radical (unpaired) electrons. The molecule has 1 heterocycles. The summed E-state index contributed by atoms with van der Waals surface area (Å²) in [6.45, 7) is 3.99. The van der Waals surface area contributed by atoms with E-state index in [0.29, 0.717) is 12.0 Å². The van der Waals surface area contributed by atoms with Crippen LogP contribution in [-0.4, -0.2) is 23.3 Å². The van der Waals surface area contributed by atoms with Crippen LogP contribution in [0.1, 0.15) is 28.9 Å². The summed E-state index contributed by atoms with van der Waals surface area (Å²) >= 11 is 1.49. The van der Waals surface area contributed by atoms with Crippen LogP contribution >= 0.6 is 11.3 Å². The molecule has 0 bridgehead atoms. The van der Waals surface area contributed by atoms with Gasteiger partial charge in [-0.25, -0.2) is 8.78 Å². The molecule has 1 N–H and O–H groups in total. The van der Waals surface area contributed by atoms with Crippen LogP contribution in [0, 0.1) is 11.6 Å². The Kier molecular flexibility index (Phi) is 5.55. The van der Waals surface area contributed by atoms with E-state index >= 15 is 0 Å². The Morgan fingerprint density at radius 1 is 1.20 bits per heavy atom. The van der Waals surface area contributed by atoms with E-state index in [1.54, 1.807) is 0 Å². The van der Waals surface area contributed by atoms with Crippen LogP contribution in [0.3, 0.4) is 0 Å². The van der Waals surface area contributed by atoms with Crippen molar-refractivity contribution >= 4 is 11.3 Å². The maximum absolute atomic E-state index is 13.5. The molecule has 1 aromatic carbocycles. The predicted octanol–water partition coefficient (Wildman–Crippen LogP) is 2.95. The van der Waals surface area contributed by atoms with E-state index in [2.05, 4.69) is 22.4 Å². The normalized spacial score (nSPS) is 10.9. The average Bonchev–Trinajstić information content (AvgIpc) is 2.86. The molecule has 0 aliphatic heterocycles. The number of nitrogens with one attached hydrogen (secondary N) is 1. The van der Waals surface area contributed by atoms with Gasteiger partial charge in [0.05, 0.1) is 0 Å². The molecule has 20 heavy (non-hydrogen) atoms. The molecule has 0 spiro atoms. The topological polar surface area (TPSA) is 37.8 Å². The number of halogens is 2. The highest BCUT2D eigenvalue weighted by molar-refractivity contribution is 7.11. The fourth-order valence-corrected chi connectivity index (χ4v) is 2.74. The first-order valence-electron chi connectivity index (χ1n) is 6.65. The van der Waals surface area contributed by atoms with Gasteiger partial charge in [0.15, 0.2) is 0 Å². The molecule has 1 aromatic heterocycles. The van der Waals surface area contributed by atoms with E-state index in [1.807, 2.05) is 0 Å². The molecule has 0 unspecified atom stereocenters. The van der Waals surface area contributed by atoms with Crippen molar-refractivity contribution in [2.45, 2.75) is 26.2 Å². The molecule has 0 atom stereocenters. The van der Waals surface area contributed by atoms with Crippen molar-refractivity contribution < 1.29 is 8.78 Å². The molecule has 0 aliphatic carbocycles. The number of hydrogen-bond acceptors (Lipinski definition) is 4. The van der Waals surface area contributed by atoms with Crippen molar-refractivity contribution in [2.75, 3.05) is 13.1 Å². The van der Waals surface area contributed by atoms with Crippen molar-refractivity contribution in [1.82, 2.24) is 15.5 Å². The van der Waals surface area contributed by atoms with E-state index in [-0.39, 0.29) is 0 Å². The Bertz CT molecular complexity index is 557. The van der Waals surface area contributed by atoms with Crippen LogP contribution in [-0.2, 0) is 12.8 Å². The minimum atomic E-state index is -0.562. The summed E-state index contributed by atoms with van der Waals surface area (Å²) in [5.74, 6) is -1.10. The van der Waals surface area contributed by atoms with Crippen LogP contribution in [0.25, 0.3) is 0 Å². The van der Waals surface area contributed by atoms with Gasteiger partial charge >= 0.3 is 0 Å². The van der Waals surface area contributed by atoms with Crippen LogP contribution in [0.15, 0.2) is 18.2 Å². The highest BCUT2D eigenvalue weighted by Crippen LogP contribution is 2.18. The van der Waals surface area contributed by atoms with E-state index in [0.717, 1.165) is 42.0 Å². The van der Waals surface area contributed by atoms with Gasteiger partial charge < -0.3 is 5.32 Å². The lowest BCUT2D eigenvalue weighted by Gasteiger charge is -1.99. The summed E-state index contributed by atoms with van der Waals surface area (Å²) in [7, 11) is 0. The third kappa shape index (κ3) is 4.31. The minimum Gasteiger partial charge on any atom is -0.317 e. The van der Waals surface area contributed by atoms with Gasteiger partial charge in [0, 0.05) is 18.9 Å². The van der Waals surface area contributed by atoms with Crippen LogP contribution < -0.4 is 5.32 Å². The zero-order chi connectivity index (χ0) is 14.4. The third-order valence-corrected chi connectivity index (χ3v) is 3.84. The molecule has 0 saturated heterocycles. The molecule has 2 rings (SSSR count). The summed E-state index contributed by atoms with van der Waals surface area (Å²) in [5.41, 5.74) is 0.446. The first-order chi connectivity index (χ1) is 9.69. The standard InChI is InChI=1S/C14H17F2N3S/c1-2-17-7-3-4-13-18-19-14(20-13)8-10-5-6-11(15)9-12(10)16/h5-6,9,17H,2-4,7-8H2,1H3. The molecule has 2 aromatic rings. The summed E-state index contributed by atoms with van der Waals surface area (Å²) in [6.07, 6.45) is 2.24. The predicted molar refractivity (Wildman–Crippen MR) is 75.9 cm³/mol. The lowest BCUT2D eigenvalue weighted by molar-refractivity contribution is 0.574. The SMILES string of the molecule is CCNCCCc1nnc(Cc2ccc(F)cc2F)s1. The minimum absolute atomic E-state index is 0.358. The molecular formula is C14H17F2N3S. The summed E-state index contributed by atoms with van der Waals surface area (Å²) < 4.78 is 26.4. The highest BCUT2D eigenvalue weighted by atomic mass is 32.1. The van der Waals surface area contributed by atoms with Crippen LogP contribution in [0.2, 0.25) is 0 Å². The van der Waals surface area contributed by atoms with E-state index in [4.69, 9.17) is 0 Å². The molecule has 0 fully saturated rings. The molecule has 0 amide bonds. The fraction of sp³-hybridized carbons (Fsp3) is 0.429. The molecular weight excluding hydrogens is 280 g/mol. The third-order valence-electron chi connectivity index (χ3n) is 2.86. The zero-order valence-corrected chi connectivity index (χ0v) is 12.1. The second-order valence-electron chi connectivity index (χ2n) is 4.46. The first kappa shape index (κ1) is 15.0. The number of nitrogens with zero attached hydrogens (tertiary/aromatic N) is 2. The quantitative estimate of drug-likeness (QED) is 0.799. The van der Waals surface area contributed by atoms with Crippen molar-refractivity contribution in [2.24, 2.45) is 0 Å². The van der Waals surface area contributed by atoms with Crippen LogP contribution in [0.4, 0.5) is 8.78 Å². The lowest BCUT2D eigenvalue weighted by atomic mass is 10.1. The number of rotatable bonds is 7. The van der Waals surface area contributed by atoms with Gasteiger partial charge in [0.25, 0.3) is 0 Å². The van der Waals surface area contributed by atoms with Gasteiger partial charge in [0.2, 0.25) is 0 Å². The number of aromatic nitrogens is 2. The maximum Gasteiger partial charge on any atom is 0.129 e. The molecule has 3 nitrogen and oxygen atoms in total.